The molecule has 0 radical (unpaired) electrons. The number of nitrogens with zero attached hydrogens (tertiary/aromatic N) is 3. The topological polar surface area (TPSA) is 119 Å². The Hall–Kier alpha value is -4.44. The highest BCUT2D eigenvalue weighted by Gasteiger charge is 2.44. The maximum atomic E-state index is 13.8. The molecule has 11 heteroatoms. The standard InChI is InChI=1S/C30H30ClN3O7/c1-18(2)20-6-9-22(10-7-20)33-28(35)17-25(30(33)37)32(14-13-19-5-12-26(40-3)27(15-19)41-4)29(36)21-8-11-23(31)24(16-21)34(38)39/h5-12,15-16,18,25H,13-14,17H2,1-4H3. The maximum absolute atomic E-state index is 13.8. The molecule has 3 amide bonds. The highest BCUT2D eigenvalue weighted by Crippen LogP contribution is 2.31. The van der Waals surface area contributed by atoms with Gasteiger partial charge in [-0.3, -0.25) is 24.5 Å². The van der Waals surface area contributed by atoms with Crippen LogP contribution < -0.4 is 14.4 Å². The Kier molecular flexibility index (Phi) is 8.92. The zero-order valence-corrected chi connectivity index (χ0v) is 23.9. The van der Waals surface area contributed by atoms with Crippen molar-refractivity contribution in [2.45, 2.75) is 38.6 Å². The lowest BCUT2D eigenvalue weighted by atomic mass is 10.0. The number of anilines is 1. The van der Waals surface area contributed by atoms with Crippen LogP contribution in [-0.2, 0) is 16.0 Å². The molecule has 1 heterocycles. The fraction of sp³-hybridized carbons (Fsp3) is 0.300. The van der Waals surface area contributed by atoms with Crippen molar-refractivity contribution >= 4 is 40.7 Å². The van der Waals surface area contributed by atoms with E-state index in [1.807, 2.05) is 26.0 Å². The first-order chi connectivity index (χ1) is 19.5. The van der Waals surface area contributed by atoms with E-state index in [1.54, 1.807) is 30.3 Å². The summed E-state index contributed by atoms with van der Waals surface area (Å²) in [5, 5.41) is 11.4. The predicted octanol–water partition coefficient (Wildman–Crippen LogP) is 5.41. The summed E-state index contributed by atoms with van der Waals surface area (Å²) in [4.78, 5) is 53.8. The zero-order valence-electron chi connectivity index (χ0n) is 23.1. The summed E-state index contributed by atoms with van der Waals surface area (Å²) in [6.07, 6.45) is 0.0843. The first-order valence-corrected chi connectivity index (χ1v) is 13.4. The maximum Gasteiger partial charge on any atom is 0.288 e. The minimum atomic E-state index is -1.10. The summed E-state index contributed by atoms with van der Waals surface area (Å²) in [5.41, 5.74) is 1.81. The molecule has 1 aliphatic heterocycles. The lowest BCUT2D eigenvalue weighted by molar-refractivity contribution is -0.384. The molecule has 0 aromatic heterocycles. The van der Waals surface area contributed by atoms with Crippen LogP contribution in [0, 0.1) is 10.1 Å². The number of methoxy groups -OCH3 is 2. The number of imide groups is 1. The van der Waals surface area contributed by atoms with Crippen LogP contribution in [0.15, 0.2) is 60.7 Å². The molecule has 1 fully saturated rings. The fourth-order valence-electron chi connectivity index (χ4n) is 4.78. The summed E-state index contributed by atoms with van der Waals surface area (Å²) >= 11 is 5.96. The van der Waals surface area contributed by atoms with Gasteiger partial charge in [-0.05, 0) is 59.9 Å². The van der Waals surface area contributed by atoms with Crippen LogP contribution in [0.25, 0.3) is 0 Å². The van der Waals surface area contributed by atoms with Gasteiger partial charge in [0.15, 0.2) is 11.5 Å². The monoisotopic (exact) mass is 579 g/mol. The molecule has 0 N–H and O–H groups in total. The molecule has 0 spiro atoms. The van der Waals surface area contributed by atoms with Crippen LogP contribution >= 0.6 is 11.6 Å². The second-order valence-electron chi connectivity index (χ2n) is 9.89. The molecular formula is C30H30ClN3O7. The summed E-state index contributed by atoms with van der Waals surface area (Å²) in [5.74, 6) is -0.310. The minimum Gasteiger partial charge on any atom is -0.493 e. The van der Waals surface area contributed by atoms with Crippen molar-refractivity contribution in [3.05, 3.63) is 92.5 Å². The molecule has 1 aliphatic rings. The molecule has 1 saturated heterocycles. The van der Waals surface area contributed by atoms with Crippen molar-refractivity contribution in [2.75, 3.05) is 25.7 Å². The first kappa shape index (κ1) is 29.5. The third-order valence-corrected chi connectivity index (χ3v) is 7.38. The number of nitro groups is 1. The van der Waals surface area contributed by atoms with Crippen LogP contribution in [-0.4, -0.2) is 54.4 Å². The Bertz CT molecular complexity index is 1490. The van der Waals surface area contributed by atoms with E-state index in [0.717, 1.165) is 22.1 Å². The van der Waals surface area contributed by atoms with Crippen molar-refractivity contribution in [1.29, 1.82) is 0 Å². The number of rotatable bonds is 10. The van der Waals surface area contributed by atoms with Crippen LogP contribution in [0.3, 0.4) is 0 Å². The Morgan fingerprint density at radius 2 is 1.73 bits per heavy atom. The number of carbonyl (C=O) groups excluding carboxylic acids is 3. The molecule has 3 aromatic carbocycles. The third kappa shape index (κ3) is 6.17. The molecular weight excluding hydrogens is 550 g/mol. The number of hydrogen-bond donors (Lipinski definition) is 0. The highest BCUT2D eigenvalue weighted by atomic mass is 35.5. The Morgan fingerprint density at radius 1 is 1.05 bits per heavy atom. The van der Waals surface area contributed by atoms with Crippen molar-refractivity contribution in [3.8, 4) is 11.5 Å². The van der Waals surface area contributed by atoms with Crippen molar-refractivity contribution in [3.63, 3.8) is 0 Å². The fourth-order valence-corrected chi connectivity index (χ4v) is 4.96. The number of ether oxygens (including phenoxy) is 2. The van der Waals surface area contributed by atoms with E-state index in [2.05, 4.69) is 0 Å². The van der Waals surface area contributed by atoms with E-state index in [9.17, 15) is 24.5 Å². The molecule has 3 aromatic rings. The molecule has 1 unspecified atom stereocenters. The molecule has 0 bridgehead atoms. The average Bonchev–Trinajstić information content (AvgIpc) is 3.25. The number of benzene rings is 3. The van der Waals surface area contributed by atoms with Gasteiger partial charge >= 0.3 is 0 Å². The summed E-state index contributed by atoms with van der Waals surface area (Å²) in [7, 11) is 3.03. The quantitative estimate of drug-likeness (QED) is 0.179. The summed E-state index contributed by atoms with van der Waals surface area (Å²) < 4.78 is 10.7. The van der Waals surface area contributed by atoms with Gasteiger partial charge < -0.3 is 14.4 Å². The SMILES string of the molecule is COc1ccc(CCN(C(=O)c2ccc(Cl)c([N+](=O)[O-])c2)C2CC(=O)N(c3ccc(C(C)C)cc3)C2=O)cc1OC. The molecule has 1 atom stereocenters. The number of amides is 3. The smallest absolute Gasteiger partial charge is 0.288 e. The second kappa shape index (κ2) is 12.4. The molecule has 0 saturated carbocycles. The second-order valence-corrected chi connectivity index (χ2v) is 10.3. The molecule has 41 heavy (non-hydrogen) atoms. The van der Waals surface area contributed by atoms with Crippen LogP contribution in [0.4, 0.5) is 11.4 Å². The zero-order chi connectivity index (χ0) is 29.8. The Balaban J connectivity index is 1.68. The van der Waals surface area contributed by atoms with Gasteiger partial charge in [-0.15, -0.1) is 0 Å². The van der Waals surface area contributed by atoms with Gasteiger partial charge in [0.1, 0.15) is 11.1 Å². The van der Waals surface area contributed by atoms with E-state index in [1.165, 1.54) is 31.3 Å². The van der Waals surface area contributed by atoms with Gasteiger partial charge in [-0.25, -0.2) is 4.90 Å². The minimum absolute atomic E-state index is 0.0200. The number of hydrogen-bond acceptors (Lipinski definition) is 7. The van der Waals surface area contributed by atoms with Crippen LogP contribution in [0.1, 0.15) is 47.7 Å². The molecule has 214 valence electrons. The van der Waals surface area contributed by atoms with Crippen molar-refractivity contribution in [1.82, 2.24) is 4.90 Å². The van der Waals surface area contributed by atoms with Crippen LogP contribution in [0.2, 0.25) is 5.02 Å². The first-order valence-electron chi connectivity index (χ1n) is 13.0. The van der Waals surface area contributed by atoms with Gasteiger partial charge in [0.25, 0.3) is 17.5 Å². The van der Waals surface area contributed by atoms with E-state index < -0.39 is 34.4 Å². The number of nitro benzene ring substituents is 1. The van der Waals surface area contributed by atoms with Gasteiger partial charge in [0, 0.05) is 18.2 Å². The van der Waals surface area contributed by atoms with E-state index in [-0.39, 0.29) is 29.5 Å². The number of halogens is 1. The molecule has 4 rings (SSSR count). The van der Waals surface area contributed by atoms with E-state index in [0.29, 0.717) is 23.6 Å². The lowest BCUT2D eigenvalue weighted by Crippen LogP contribution is -2.46. The Labute approximate surface area is 242 Å². The van der Waals surface area contributed by atoms with E-state index >= 15 is 0 Å². The largest absolute Gasteiger partial charge is 0.493 e. The third-order valence-electron chi connectivity index (χ3n) is 7.06. The number of carbonyl (C=O) groups is 3. The van der Waals surface area contributed by atoms with Gasteiger partial charge in [-0.2, -0.15) is 0 Å². The van der Waals surface area contributed by atoms with Crippen molar-refractivity contribution in [2.24, 2.45) is 0 Å². The summed E-state index contributed by atoms with van der Waals surface area (Å²) in [6.45, 7) is 4.13. The van der Waals surface area contributed by atoms with Gasteiger partial charge in [-0.1, -0.05) is 43.6 Å². The average molecular weight is 580 g/mol. The normalized spacial score (nSPS) is 14.9. The predicted molar refractivity (Wildman–Crippen MR) is 154 cm³/mol. The molecule has 0 aliphatic carbocycles. The lowest BCUT2D eigenvalue weighted by Gasteiger charge is -2.28. The molecule has 10 nitrogen and oxygen atoms in total. The van der Waals surface area contributed by atoms with E-state index in [4.69, 9.17) is 21.1 Å². The van der Waals surface area contributed by atoms with Crippen LogP contribution in [0.5, 0.6) is 11.5 Å². The highest BCUT2D eigenvalue weighted by molar-refractivity contribution is 6.32. The van der Waals surface area contributed by atoms with Gasteiger partial charge in [0.2, 0.25) is 5.91 Å². The van der Waals surface area contributed by atoms with Gasteiger partial charge in [0.05, 0.1) is 31.3 Å². The van der Waals surface area contributed by atoms with Crippen molar-refractivity contribution < 1.29 is 28.8 Å². The Morgan fingerprint density at radius 3 is 2.34 bits per heavy atom. The summed E-state index contributed by atoms with van der Waals surface area (Å²) in [6, 6.07) is 15.1.